The Kier molecular flexibility index (Phi) is 2.75. The van der Waals surface area contributed by atoms with Gasteiger partial charge in [0.2, 0.25) is 0 Å². The molecule has 5 heteroatoms. The van der Waals surface area contributed by atoms with E-state index >= 15 is 0 Å². The molecule has 4 nitrogen and oxygen atoms in total. The minimum Gasteiger partial charge on any atom is -0.393 e. The molecule has 0 aliphatic heterocycles. The average Bonchev–Trinajstić information content (AvgIpc) is 3.00. The number of carbonyl (C=O) groups excluding carboxylic acids is 1. The van der Waals surface area contributed by atoms with Crippen LogP contribution in [0.5, 0.6) is 0 Å². The van der Waals surface area contributed by atoms with E-state index < -0.39 is 0 Å². The third-order valence-electron chi connectivity index (χ3n) is 3.44. The second-order valence-corrected chi connectivity index (χ2v) is 5.89. The van der Waals surface area contributed by atoms with Crippen LogP contribution < -0.4 is 5.32 Å². The number of aromatic nitrogens is 1. The number of carbonyl (C=O) groups is 1. The van der Waals surface area contributed by atoms with E-state index in [-0.39, 0.29) is 18.1 Å². The van der Waals surface area contributed by atoms with Crippen LogP contribution in [0.1, 0.15) is 42.2 Å². The summed E-state index contributed by atoms with van der Waals surface area (Å²) in [6, 6.07) is 2.50. The first-order valence-electron chi connectivity index (χ1n) is 6.00. The SMILES string of the molecule is O=C(NC1CC(O)C1)c1cc(Br)cn1C1CC1. The van der Waals surface area contributed by atoms with Gasteiger partial charge in [-0.25, -0.2) is 0 Å². The van der Waals surface area contributed by atoms with Crippen molar-refractivity contribution in [3.05, 3.63) is 22.4 Å². The van der Waals surface area contributed by atoms with Crippen LogP contribution >= 0.6 is 15.9 Å². The first-order valence-corrected chi connectivity index (χ1v) is 6.79. The van der Waals surface area contributed by atoms with E-state index in [1.165, 1.54) is 0 Å². The van der Waals surface area contributed by atoms with Crippen molar-refractivity contribution in [2.75, 3.05) is 0 Å². The standard InChI is InChI=1S/C12H15BrN2O2/c13-7-3-11(15(6-7)9-1-2-9)12(17)14-8-4-10(16)5-8/h3,6,8-10,16H,1-2,4-5H2,(H,14,17). The van der Waals surface area contributed by atoms with Crippen LogP contribution in [0.3, 0.4) is 0 Å². The molecule has 1 heterocycles. The summed E-state index contributed by atoms with van der Waals surface area (Å²) in [5.74, 6) is -0.0282. The van der Waals surface area contributed by atoms with Crippen LogP contribution in [0.4, 0.5) is 0 Å². The third kappa shape index (κ3) is 2.26. The van der Waals surface area contributed by atoms with Gasteiger partial charge >= 0.3 is 0 Å². The van der Waals surface area contributed by atoms with Crippen LogP contribution in [0, 0.1) is 0 Å². The normalized spacial score (nSPS) is 27.6. The number of aliphatic hydroxyl groups excluding tert-OH is 1. The number of halogens is 1. The first-order chi connectivity index (χ1) is 8.13. The Labute approximate surface area is 108 Å². The summed E-state index contributed by atoms with van der Waals surface area (Å²) in [7, 11) is 0. The van der Waals surface area contributed by atoms with Crippen LogP contribution in [0.2, 0.25) is 0 Å². The first kappa shape index (κ1) is 11.3. The lowest BCUT2D eigenvalue weighted by atomic mass is 9.89. The third-order valence-corrected chi connectivity index (χ3v) is 3.87. The Morgan fingerprint density at radius 3 is 2.76 bits per heavy atom. The Morgan fingerprint density at radius 2 is 2.18 bits per heavy atom. The highest BCUT2D eigenvalue weighted by molar-refractivity contribution is 9.10. The molecule has 2 N–H and O–H groups in total. The van der Waals surface area contributed by atoms with Crippen LogP contribution in [0.15, 0.2) is 16.7 Å². The smallest absolute Gasteiger partial charge is 0.268 e. The Balaban J connectivity index is 1.71. The lowest BCUT2D eigenvalue weighted by molar-refractivity contribution is 0.0559. The van der Waals surface area contributed by atoms with Gasteiger partial charge in [0.25, 0.3) is 5.91 Å². The van der Waals surface area contributed by atoms with Gasteiger partial charge in [-0.05, 0) is 47.7 Å². The summed E-state index contributed by atoms with van der Waals surface area (Å²) in [6.07, 6.45) is 5.41. The van der Waals surface area contributed by atoms with Crippen molar-refractivity contribution in [2.45, 2.75) is 43.9 Å². The lowest BCUT2D eigenvalue weighted by Crippen LogP contribution is -2.47. The maximum atomic E-state index is 12.1. The fourth-order valence-corrected chi connectivity index (χ4v) is 2.68. The second kappa shape index (κ2) is 4.14. The number of nitrogens with zero attached hydrogens (tertiary/aromatic N) is 1. The molecule has 0 atom stereocenters. The maximum absolute atomic E-state index is 12.1. The Morgan fingerprint density at radius 1 is 1.47 bits per heavy atom. The van der Waals surface area contributed by atoms with Gasteiger partial charge in [-0.2, -0.15) is 0 Å². The molecule has 1 aromatic heterocycles. The van der Waals surface area contributed by atoms with Gasteiger partial charge in [-0.1, -0.05) is 0 Å². The Bertz CT molecular complexity index is 447. The van der Waals surface area contributed by atoms with E-state index in [4.69, 9.17) is 0 Å². The van der Waals surface area contributed by atoms with Crippen LogP contribution in [-0.4, -0.2) is 27.7 Å². The van der Waals surface area contributed by atoms with E-state index in [1.54, 1.807) is 0 Å². The summed E-state index contributed by atoms with van der Waals surface area (Å²) in [4.78, 5) is 12.1. The summed E-state index contributed by atoms with van der Waals surface area (Å²) < 4.78 is 3.00. The van der Waals surface area contributed by atoms with Gasteiger partial charge in [0, 0.05) is 22.8 Å². The molecule has 0 saturated heterocycles. The topological polar surface area (TPSA) is 54.3 Å². The van der Waals surface area contributed by atoms with E-state index in [9.17, 15) is 9.90 Å². The number of aliphatic hydroxyl groups is 1. The number of hydrogen-bond acceptors (Lipinski definition) is 2. The zero-order chi connectivity index (χ0) is 12.0. The molecule has 92 valence electrons. The summed E-state index contributed by atoms with van der Waals surface area (Å²) >= 11 is 3.41. The molecule has 0 radical (unpaired) electrons. The van der Waals surface area contributed by atoms with E-state index in [1.807, 2.05) is 12.3 Å². The largest absolute Gasteiger partial charge is 0.393 e. The van der Waals surface area contributed by atoms with Crippen molar-refractivity contribution in [1.82, 2.24) is 9.88 Å². The predicted octanol–water partition coefficient (Wildman–Crippen LogP) is 1.84. The molecule has 2 saturated carbocycles. The van der Waals surface area contributed by atoms with Gasteiger partial charge in [0.05, 0.1) is 6.10 Å². The van der Waals surface area contributed by atoms with Crippen LogP contribution in [-0.2, 0) is 0 Å². The number of amides is 1. The molecule has 0 bridgehead atoms. The molecule has 2 fully saturated rings. The molecular formula is C12H15BrN2O2. The van der Waals surface area contributed by atoms with Crippen molar-refractivity contribution >= 4 is 21.8 Å². The van der Waals surface area contributed by atoms with Crippen molar-refractivity contribution in [2.24, 2.45) is 0 Å². The molecule has 0 unspecified atom stereocenters. The number of hydrogen-bond donors (Lipinski definition) is 2. The predicted molar refractivity (Wildman–Crippen MR) is 66.9 cm³/mol. The molecule has 2 aliphatic carbocycles. The number of rotatable bonds is 3. The second-order valence-electron chi connectivity index (χ2n) is 4.98. The highest BCUT2D eigenvalue weighted by Gasteiger charge is 2.31. The van der Waals surface area contributed by atoms with Crippen molar-refractivity contribution < 1.29 is 9.90 Å². The van der Waals surface area contributed by atoms with Crippen molar-refractivity contribution in [1.29, 1.82) is 0 Å². The average molecular weight is 299 g/mol. The van der Waals surface area contributed by atoms with Gasteiger partial charge in [-0.3, -0.25) is 4.79 Å². The minimum absolute atomic E-state index is 0.0282. The molecule has 1 amide bonds. The zero-order valence-electron chi connectivity index (χ0n) is 9.40. The van der Waals surface area contributed by atoms with Gasteiger partial charge in [-0.15, -0.1) is 0 Å². The van der Waals surface area contributed by atoms with Gasteiger partial charge < -0.3 is 15.0 Å². The van der Waals surface area contributed by atoms with Crippen molar-refractivity contribution in [3.8, 4) is 0 Å². The van der Waals surface area contributed by atoms with E-state index in [0.717, 1.165) is 23.0 Å². The molecule has 3 rings (SSSR count). The summed E-state index contributed by atoms with van der Waals surface area (Å²) in [5.41, 5.74) is 0.723. The van der Waals surface area contributed by atoms with Crippen molar-refractivity contribution in [3.63, 3.8) is 0 Å². The van der Waals surface area contributed by atoms with Crippen LogP contribution in [0.25, 0.3) is 0 Å². The summed E-state index contributed by atoms with van der Waals surface area (Å²) in [5, 5.41) is 12.2. The minimum atomic E-state index is -0.234. The van der Waals surface area contributed by atoms with Gasteiger partial charge in [0.1, 0.15) is 5.69 Å². The van der Waals surface area contributed by atoms with Gasteiger partial charge in [0.15, 0.2) is 0 Å². The molecule has 1 aromatic rings. The molecule has 17 heavy (non-hydrogen) atoms. The fraction of sp³-hybridized carbons (Fsp3) is 0.583. The van der Waals surface area contributed by atoms with E-state index in [2.05, 4.69) is 25.8 Å². The lowest BCUT2D eigenvalue weighted by Gasteiger charge is -2.32. The highest BCUT2D eigenvalue weighted by atomic mass is 79.9. The maximum Gasteiger partial charge on any atom is 0.268 e. The number of nitrogens with one attached hydrogen (secondary N) is 1. The highest BCUT2D eigenvalue weighted by Crippen LogP contribution is 2.37. The Hall–Kier alpha value is -0.810. The quantitative estimate of drug-likeness (QED) is 0.895. The molecule has 0 aromatic carbocycles. The fourth-order valence-electron chi connectivity index (χ4n) is 2.25. The molecule has 2 aliphatic rings. The molecular weight excluding hydrogens is 284 g/mol. The monoisotopic (exact) mass is 298 g/mol. The zero-order valence-corrected chi connectivity index (χ0v) is 11.0. The van der Waals surface area contributed by atoms with E-state index in [0.29, 0.717) is 18.9 Å². The molecule has 0 spiro atoms. The summed E-state index contributed by atoms with van der Waals surface area (Å²) in [6.45, 7) is 0.